The third-order valence-electron chi connectivity index (χ3n) is 3.73. The molecule has 0 aromatic heterocycles. The Balaban J connectivity index is 2.07. The summed E-state index contributed by atoms with van der Waals surface area (Å²) in [6, 6.07) is 7.05. The van der Waals surface area contributed by atoms with Gasteiger partial charge in [0.2, 0.25) is 0 Å². The highest BCUT2D eigenvalue weighted by molar-refractivity contribution is 5.63. The van der Waals surface area contributed by atoms with Crippen molar-refractivity contribution in [1.82, 2.24) is 0 Å². The molecule has 1 heterocycles. The quantitative estimate of drug-likeness (QED) is 0.604. The van der Waals surface area contributed by atoms with Gasteiger partial charge in [0.25, 0.3) is 5.69 Å². The smallest absolute Gasteiger partial charge is 0.292 e. The number of anilines is 1. The number of nitro benzene ring substituents is 1. The van der Waals surface area contributed by atoms with Crippen LogP contribution in [0.2, 0.25) is 0 Å². The Hall–Kier alpha value is -1.58. The molecule has 1 saturated heterocycles. The summed E-state index contributed by atoms with van der Waals surface area (Å²) in [6.07, 6.45) is 4.82. The Morgan fingerprint density at radius 2 is 2.00 bits per heavy atom. The van der Waals surface area contributed by atoms with Crippen LogP contribution in [-0.2, 0) is 0 Å². The highest BCUT2D eigenvalue weighted by Crippen LogP contribution is 2.31. The third kappa shape index (κ3) is 2.81. The Bertz CT molecular complexity index is 412. The molecular formula is C14H20N2O2. The fourth-order valence-corrected chi connectivity index (χ4v) is 2.76. The molecule has 0 spiro atoms. The summed E-state index contributed by atoms with van der Waals surface area (Å²) in [5.74, 6) is 0.800. The molecule has 4 nitrogen and oxygen atoms in total. The van der Waals surface area contributed by atoms with Crippen molar-refractivity contribution in [1.29, 1.82) is 0 Å². The first-order valence-corrected chi connectivity index (χ1v) is 6.70. The standard InChI is InChI=1S/C14H20N2O2/c1-2-5-12-8-10-15(11-9-12)13-6-3-4-7-14(13)16(17)18/h3-4,6-7,12H,2,5,8-11H2,1H3. The van der Waals surface area contributed by atoms with Gasteiger partial charge in [0, 0.05) is 19.2 Å². The third-order valence-corrected chi connectivity index (χ3v) is 3.73. The topological polar surface area (TPSA) is 46.4 Å². The molecule has 4 heteroatoms. The molecule has 0 radical (unpaired) electrons. The van der Waals surface area contributed by atoms with Gasteiger partial charge in [0.15, 0.2) is 0 Å². The Morgan fingerprint density at radius 3 is 2.61 bits per heavy atom. The number of hydrogen-bond donors (Lipinski definition) is 0. The molecule has 18 heavy (non-hydrogen) atoms. The molecule has 0 atom stereocenters. The zero-order chi connectivity index (χ0) is 13.0. The fourth-order valence-electron chi connectivity index (χ4n) is 2.76. The maximum absolute atomic E-state index is 11.0. The van der Waals surface area contributed by atoms with Crippen LogP contribution < -0.4 is 4.90 Å². The largest absolute Gasteiger partial charge is 0.366 e. The lowest BCUT2D eigenvalue weighted by Gasteiger charge is -2.33. The summed E-state index contributed by atoms with van der Waals surface area (Å²) in [6.45, 7) is 4.10. The number of para-hydroxylation sites is 2. The predicted octanol–water partition coefficient (Wildman–Crippen LogP) is 3.61. The van der Waals surface area contributed by atoms with E-state index in [-0.39, 0.29) is 10.6 Å². The summed E-state index contributed by atoms with van der Waals surface area (Å²) in [4.78, 5) is 12.9. The molecule has 1 aliphatic rings. The molecule has 2 rings (SSSR count). The Kier molecular flexibility index (Phi) is 4.18. The molecule has 1 aromatic rings. The monoisotopic (exact) mass is 248 g/mol. The molecule has 0 saturated carbocycles. The van der Waals surface area contributed by atoms with Gasteiger partial charge in [-0.3, -0.25) is 10.1 Å². The van der Waals surface area contributed by atoms with Gasteiger partial charge >= 0.3 is 0 Å². The van der Waals surface area contributed by atoms with E-state index >= 15 is 0 Å². The Labute approximate surface area is 108 Å². The minimum atomic E-state index is -0.284. The summed E-state index contributed by atoms with van der Waals surface area (Å²) in [5, 5.41) is 11.0. The second-order valence-corrected chi connectivity index (χ2v) is 4.96. The second kappa shape index (κ2) is 5.85. The van der Waals surface area contributed by atoms with E-state index in [0.717, 1.165) is 37.5 Å². The first-order valence-electron chi connectivity index (χ1n) is 6.70. The lowest BCUT2D eigenvalue weighted by Crippen LogP contribution is -2.33. The second-order valence-electron chi connectivity index (χ2n) is 4.96. The van der Waals surface area contributed by atoms with Crippen molar-refractivity contribution in [3.05, 3.63) is 34.4 Å². The van der Waals surface area contributed by atoms with Gasteiger partial charge in [-0.25, -0.2) is 0 Å². The molecule has 1 fully saturated rings. The van der Waals surface area contributed by atoms with Crippen molar-refractivity contribution in [2.75, 3.05) is 18.0 Å². The SMILES string of the molecule is CCCC1CCN(c2ccccc2[N+](=O)[O-])CC1. The minimum absolute atomic E-state index is 0.228. The molecule has 0 N–H and O–H groups in total. The van der Waals surface area contributed by atoms with Crippen LogP contribution in [-0.4, -0.2) is 18.0 Å². The van der Waals surface area contributed by atoms with Crippen molar-refractivity contribution < 1.29 is 4.92 Å². The highest BCUT2D eigenvalue weighted by Gasteiger charge is 2.23. The first-order chi connectivity index (χ1) is 8.72. The maximum atomic E-state index is 11.0. The fraction of sp³-hybridized carbons (Fsp3) is 0.571. The zero-order valence-corrected chi connectivity index (χ0v) is 10.8. The summed E-state index contributed by atoms with van der Waals surface area (Å²) in [5.41, 5.74) is 1.00. The molecule has 98 valence electrons. The normalized spacial score (nSPS) is 16.8. The number of hydrogen-bond acceptors (Lipinski definition) is 3. The highest BCUT2D eigenvalue weighted by atomic mass is 16.6. The van der Waals surface area contributed by atoms with Gasteiger partial charge in [0.05, 0.1) is 4.92 Å². The van der Waals surface area contributed by atoms with Crippen molar-refractivity contribution in [2.45, 2.75) is 32.6 Å². The van der Waals surface area contributed by atoms with E-state index in [1.165, 1.54) is 12.8 Å². The van der Waals surface area contributed by atoms with E-state index in [1.807, 2.05) is 12.1 Å². The molecular weight excluding hydrogens is 228 g/mol. The van der Waals surface area contributed by atoms with Crippen LogP contribution in [0.5, 0.6) is 0 Å². The van der Waals surface area contributed by atoms with Crippen molar-refractivity contribution in [2.24, 2.45) is 5.92 Å². The van der Waals surface area contributed by atoms with Crippen LogP contribution in [0.25, 0.3) is 0 Å². The lowest BCUT2D eigenvalue weighted by molar-refractivity contribution is -0.384. The number of nitrogens with zero attached hydrogens (tertiary/aromatic N) is 2. The minimum Gasteiger partial charge on any atom is -0.366 e. The van der Waals surface area contributed by atoms with E-state index < -0.39 is 0 Å². The number of benzene rings is 1. The van der Waals surface area contributed by atoms with E-state index in [2.05, 4.69) is 11.8 Å². The predicted molar refractivity (Wildman–Crippen MR) is 72.9 cm³/mol. The molecule has 0 aliphatic carbocycles. The van der Waals surface area contributed by atoms with Crippen molar-refractivity contribution >= 4 is 11.4 Å². The van der Waals surface area contributed by atoms with Gasteiger partial charge in [0.1, 0.15) is 5.69 Å². The summed E-state index contributed by atoms with van der Waals surface area (Å²) < 4.78 is 0. The molecule has 1 aromatic carbocycles. The maximum Gasteiger partial charge on any atom is 0.292 e. The summed E-state index contributed by atoms with van der Waals surface area (Å²) >= 11 is 0. The van der Waals surface area contributed by atoms with Gasteiger partial charge in [-0.15, -0.1) is 0 Å². The van der Waals surface area contributed by atoms with Crippen LogP contribution in [0.3, 0.4) is 0 Å². The Morgan fingerprint density at radius 1 is 1.33 bits per heavy atom. The van der Waals surface area contributed by atoms with E-state index in [9.17, 15) is 10.1 Å². The first kappa shape index (κ1) is 12.9. The van der Waals surface area contributed by atoms with Crippen LogP contribution >= 0.6 is 0 Å². The number of piperidine rings is 1. The van der Waals surface area contributed by atoms with Crippen LogP contribution in [0.15, 0.2) is 24.3 Å². The van der Waals surface area contributed by atoms with Crippen molar-refractivity contribution in [3.8, 4) is 0 Å². The molecule has 1 aliphatic heterocycles. The van der Waals surface area contributed by atoms with Crippen molar-refractivity contribution in [3.63, 3.8) is 0 Å². The van der Waals surface area contributed by atoms with Gasteiger partial charge in [-0.1, -0.05) is 31.9 Å². The molecule has 0 unspecified atom stereocenters. The van der Waals surface area contributed by atoms with Crippen LogP contribution in [0, 0.1) is 16.0 Å². The van der Waals surface area contributed by atoms with Gasteiger partial charge in [-0.2, -0.15) is 0 Å². The summed E-state index contributed by atoms with van der Waals surface area (Å²) in [7, 11) is 0. The van der Waals surface area contributed by atoms with Crippen LogP contribution in [0.1, 0.15) is 32.6 Å². The average molecular weight is 248 g/mol. The van der Waals surface area contributed by atoms with Gasteiger partial charge < -0.3 is 4.90 Å². The van der Waals surface area contributed by atoms with E-state index in [1.54, 1.807) is 12.1 Å². The zero-order valence-electron chi connectivity index (χ0n) is 10.8. The van der Waals surface area contributed by atoms with Gasteiger partial charge in [-0.05, 0) is 24.8 Å². The van der Waals surface area contributed by atoms with Crippen LogP contribution in [0.4, 0.5) is 11.4 Å². The van der Waals surface area contributed by atoms with E-state index in [4.69, 9.17) is 0 Å². The molecule has 0 bridgehead atoms. The number of nitro groups is 1. The van der Waals surface area contributed by atoms with E-state index in [0.29, 0.717) is 0 Å². The molecule has 0 amide bonds. The number of rotatable bonds is 4. The average Bonchev–Trinajstić information content (AvgIpc) is 2.40. The lowest BCUT2D eigenvalue weighted by atomic mass is 9.92.